The topological polar surface area (TPSA) is 0 Å². The SMILES string of the molecule is C.Cc1ccccc1-c1cccc(-c2ccc3c4ccccc4c4ccccc4c3c2)c1C. The number of fused-ring (bicyclic) bond motifs is 6. The van der Waals surface area contributed by atoms with Crippen molar-refractivity contribution in [3.8, 4) is 22.3 Å². The van der Waals surface area contributed by atoms with Gasteiger partial charge in [0.1, 0.15) is 0 Å². The van der Waals surface area contributed by atoms with Gasteiger partial charge in [0.2, 0.25) is 0 Å². The van der Waals surface area contributed by atoms with Crippen molar-refractivity contribution < 1.29 is 0 Å². The molecule has 0 aromatic heterocycles. The van der Waals surface area contributed by atoms with Gasteiger partial charge < -0.3 is 0 Å². The largest absolute Gasteiger partial charge is 0.0776 e. The van der Waals surface area contributed by atoms with Gasteiger partial charge in [-0.1, -0.05) is 111 Å². The summed E-state index contributed by atoms with van der Waals surface area (Å²) in [6.45, 7) is 4.44. The second-order valence-corrected chi connectivity index (χ2v) is 8.64. The van der Waals surface area contributed by atoms with E-state index in [0.717, 1.165) is 0 Å². The van der Waals surface area contributed by atoms with Crippen molar-refractivity contribution in [2.75, 3.05) is 0 Å². The highest BCUT2D eigenvalue weighted by atomic mass is 14.2. The Morgan fingerprint density at radius 1 is 0.394 bits per heavy atom. The normalized spacial score (nSPS) is 11.1. The highest BCUT2D eigenvalue weighted by Gasteiger charge is 2.12. The summed E-state index contributed by atoms with van der Waals surface area (Å²) in [5.41, 5.74) is 7.82. The maximum Gasteiger partial charge on any atom is -0.00928 e. The summed E-state index contributed by atoms with van der Waals surface area (Å²) in [7, 11) is 0. The predicted octanol–water partition coefficient (Wildman–Crippen LogP) is 9.73. The summed E-state index contributed by atoms with van der Waals surface area (Å²) >= 11 is 0. The van der Waals surface area contributed by atoms with Crippen LogP contribution in [0.1, 0.15) is 18.6 Å². The molecular weight excluding hydrogens is 396 g/mol. The Bertz CT molecular complexity index is 1600. The lowest BCUT2D eigenvalue weighted by atomic mass is 9.88. The Hall–Kier alpha value is -3.90. The molecule has 0 heteroatoms. The molecule has 0 amide bonds. The molecule has 6 rings (SSSR count). The van der Waals surface area contributed by atoms with E-state index in [2.05, 4.69) is 123 Å². The third-order valence-electron chi connectivity index (χ3n) is 6.82. The molecule has 0 aliphatic rings. The monoisotopic (exact) mass is 424 g/mol. The fourth-order valence-electron chi connectivity index (χ4n) is 5.19. The molecule has 0 aliphatic carbocycles. The quantitative estimate of drug-likeness (QED) is 0.243. The molecule has 160 valence electrons. The first-order chi connectivity index (χ1) is 15.7. The average Bonchev–Trinajstić information content (AvgIpc) is 2.85. The van der Waals surface area contributed by atoms with Gasteiger partial charge in [0.25, 0.3) is 0 Å². The van der Waals surface area contributed by atoms with Gasteiger partial charge in [0, 0.05) is 0 Å². The van der Waals surface area contributed by atoms with Gasteiger partial charge in [0.05, 0.1) is 0 Å². The van der Waals surface area contributed by atoms with Gasteiger partial charge >= 0.3 is 0 Å². The third-order valence-corrected chi connectivity index (χ3v) is 6.82. The molecule has 0 fully saturated rings. The van der Waals surface area contributed by atoms with E-state index in [1.807, 2.05) is 0 Å². The first-order valence-electron chi connectivity index (χ1n) is 11.2. The lowest BCUT2D eigenvalue weighted by Gasteiger charge is -2.15. The van der Waals surface area contributed by atoms with Crippen molar-refractivity contribution >= 4 is 32.3 Å². The van der Waals surface area contributed by atoms with Crippen LogP contribution in [-0.2, 0) is 0 Å². The lowest BCUT2D eigenvalue weighted by molar-refractivity contribution is 1.41. The summed E-state index contributed by atoms with van der Waals surface area (Å²) in [5.74, 6) is 0. The maximum atomic E-state index is 2.38. The van der Waals surface area contributed by atoms with Gasteiger partial charge in [0.15, 0.2) is 0 Å². The first-order valence-corrected chi connectivity index (χ1v) is 11.2. The molecule has 0 unspecified atom stereocenters. The predicted molar refractivity (Wildman–Crippen MR) is 146 cm³/mol. The molecule has 0 spiro atoms. The van der Waals surface area contributed by atoms with Crippen LogP contribution < -0.4 is 0 Å². The van der Waals surface area contributed by atoms with Crippen LogP contribution in [0.3, 0.4) is 0 Å². The Balaban J connectivity index is 0.00000228. The minimum absolute atomic E-state index is 0. The molecule has 6 aromatic carbocycles. The van der Waals surface area contributed by atoms with Gasteiger partial charge in [-0.3, -0.25) is 0 Å². The van der Waals surface area contributed by atoms with E-state index in [9.17, 15) is 0 Å². The second kappa shape index (κ2) is 8.22. The Labute approximate surface area is 196 Å². The molecule has 0 saturated heterocycles. The zero-order valence-corrected chi connectivity index (χ0v) is 18.4. The smallest absolute Gasteiger partial charge is 0.00928 e. The summed E-state index contributed by atoms with van der Waals surface area (Å²) in [6.07, 6.45) is 0. The number of aryl methyl sites for hydroxylation is 1. The Morgan fingerprint density at radius 3 is 1.52 bits per heavy atom. The summed E-state index contributed by atoms with van der Waals surface area (Å²) < 4.78 is 0. The van der Waals surface area contributed by atoms with Crippen LogP contribution in [-0.4, -0.2) is 0 Å². The van der Waals surface area contributed by atoms with Crippen LogP contribution in [0.4, 0.5) is 0 Å². The second-order valence-electron chi connectivity index (χ2n) is 8.64. The zero-order valence-electron chi connectivity index (χ0n) is 18.4. The van der Waals surface area contributed by atoms with Crippen molar-refractivity contribution in [1.29, 1.82) is 0 Å². The third kappa shape index (κ3) is 3.31. The van der Waals surface area contributed by atoms with Crippen LogP contribution in [0.15, 0.2) is 109 Å². The molecular formula is C33H28. The van der Waals surface area contributed by atoms with Crippen molar-refractivity contribution in [2.45, 2.75) is 21.3 Å². The minimum atomic E-state index is 0. The minimum Gasteiger partial charge on any atom is -0.0776 e. The zero-order chi connectivity index (χ0) is 21.7. The van der Waals surface area contributed by atoms with Gasteiger partial charge in [-0.05, 0) is 85.6 Å². The standard InChI is InChI=1S/C32H24.CH4/c1-21-10-3-4-11-24(21)26-17-9-16-25(22(26)2)23-18-19-31-29-14-6-5-12-27(29)28-13-7-8-15-30(28)32(31)20-23;/h3-20H,1-2H3;1H4. The van der Waals surface area contributed by atoms with E-state index in [1.165, 1.54) is 65.7 Å². The summed E-state index contributed by atoms with van der Waals surface area (Å²) in [4.78, 5) is 0. The Morgan fingerprint density at radius 2 is 0.879 bits per heavy atom. The number of hydrogen-bond donors (Lipinski definition) is 0. The van der Waals surface area contributed by atoms with Crippen LogP contribution in [0.5, 0.6) is 0 Å². The molecule has 0 saturated carbocycles. The molecule has 0 heterocycles. The van der Waals surface area contributed by atoms with Crippen molar-refractivity contribution in [1.82, 2.24) is 0 Å². The van der Waals surface area contributed by atoms with Crippen LogP contribution in [0, 0.1) is 13.8 Å². The molecule has 0 radical (unpaired) electrons. The summed E-state index contributed by atoms with van der Waals surface area (Å²) in [6, 6.07) is 39.8. The highest BCUT2D eigenvalue weighted by molar-refractivity contribution is 6.25. The van der Waals surface area contributed by atoms with E-state index in [0.29, 0.717) is 0 Å². The highest BCUT2D eigenvalue weighted by Crippen LogP contribution is 2.39. The van der Waals surface area contributed by atoms with Crippen molar-refractivity contribution in [3.05, 3.63) is 120 Å². The van der Waals surface area contributed by atoms with E-state index < -0.39 is 0 Å². The first kappa shape index (κ1) is 21.0. The fraction of sp³-hybridized carbons (Fsp3) is 0.0909. The van der Waals surface area contributed by atoms with Crippen molar-refractivity contribution in [3.63, 3.8) is 0 Å². The Kier molecular flexibility index (Phi) is 5.23. The molecule has 0 nitrogen and oxygen atoms in total. The van der Waals surface area contributed by atoms with Crippen LogP contribution in [0.25, 0.3) is 54.6 Å². The average molecular weight is 425 g/mol. The molecule has 0 atom stereocenters. The van der Waals surface area contributed by atoms with Gasteiger partial charge in [-0.15, -0.1) is 0 Å². The maximum absolute atomic E-state index is 2.38. The van der Waals surface area contributed by atoms with E-state index >= 15 is 0 Å². The molecule has 0 bridgehead atoms. The van der Waals surface area contributed by atoms with Crippen molar-refractivity contribution in [2.24, 2.45) is 0 Å². The van der Waals surface area contributed by atoms with E-state index in [1.54, 1.807) is 0 Å². The van der Waals surface area contributed by atoms with E-state index in [-0.39, 0.29) is 7.43 Å². The molecule has 0 aliphatic heterocycles. The number of rotatable bonds is 2. The number of hydrogen-bond acceptors (Lipinski definition) is 0. The summed E-state index contributed by atoms with van der Waals surface area (Å²) in [5, 5.41) is 7.90. The van der Waals surface area contributed by atoms with E-state index in [4.69, 9.17) is 0 Å². The van der Waals surface area contributed by atoms with Crippen LogP contribution >= 0.6 is 0 Å². The molecule has 33 heavy (non-hydrogen) atoms. The number of benzene rings is 6. The molecule has 6 aromatic rings. The lowest BCUT2D eigenvalue weighted by Crippen LogP contribution is -1.91. The fourth-order valence-corrected chi connectivity index (χ4v) is 5.19. The van der Waals surface area contributed by atoms with Crippen LogP contribution in [0.2, 0.25) is 0 Å². The van der Waals surface area contributed by atoms with Gasteiger partial charge in [-0.2, -0.15) is 0 Å². The molecule has 0 N–H and O–H groups in total. The van der Waals surface area contributed by atoms with Gasteiger partial charge in [-0.25, -0.2) is 0 Å².